The number of hydrogen-bond acceptors (Lipinski definition) is 2. The minimum Gasteiger partial charge on any atom is -0.327 e. The molecule has 0 bridgehead atoms. The Morgan fingerprint density at radius 2 is 2.00 bits per heavy atom. The largest absolute Gasteiger partial charge is 0.327 e. The molecule has 1 aliphatic carbocycles. The molecule has 3 nitrogen and oxygen atoms in total. The number of benzene rings is 1. The van der Waals surface area contributed by atoms with E-state index < -0.39 is 0 Å². The molecule has 1 aromatic heterocycles. The van der Waals surface area contributed by atoms with Gasteiger partial charge < -0.3 is 10.3 Å². The van der Waals surface area contributed by atoms with E-state index in [0.717, 1.165) is 36.6 Å². The summed E-state index contributed by atoms with van der Waals surface area (Å²) in [6.45, 7) is 7.53. The average molecular weight is 285 g/mol. The molecule has 0 saturated heterocycles. The Morgan fingerprint density at radius 1 is 1.29 bits per heavy atom. The third-order valence-corrected chi connectivity index (χ3v) is 5.24. The van der Waals surface area contributed by atoms with Crippen LogP contribution in [0.5, 0.6) is 0 Å². The molecule has 114 valence electrons. The minimum absolute atomic E-state index is 0.241. The van der Waals surface area contributed by atoms with Crippen LogP contribution in [0.4, 0.5) is 0 Å². The summed E-state index contributed by atoms with van der Waals surface area (Å²) in [7, 11) is 0. The molecule has 0 aliphatic heterocycles. The van der Waals surface area contributed by atoms with Crippen LogP contribution in [0.2, 0.25) is 0 Å². The summed E-state index contributed by atoms with van der Waals surface area (Å²) < 4.78 is 2.32. The van der Waals surface area contributed by atoms with Crippen LogP contribution >= 0.6 is 0 Å². The molecular weight excluding hydrogens is 258 g/mol. The zero-order valence-corrected chi connectivity index (χ0v) is 13.5. The van der Waals surface area contributed by atoms with Crippen molar-refractivity contribution < 1.29 is 0 Å². The summed E-state index contributed by atoms with van der Waals surface area (Å²) in [6, 6.07) is 6.52. The molecule has 1 heterocycles. The van der Waals surface area contributed by atoms with Crippen LogP contribution in [-0.4, -0.2) is 9.55 Å². The first-order valence-electron chi connectivity index (χ1n) is 8.33. The van der Waals surface area contributed by atoms with Gasteiger partial charge in [-0.3, -0.25) is 0 Å². The number of aromatic nitrogens is 2. The van der Waals surface area contributed by atoms with Crippen molar-refractivity contribution in [3.05, 3.63) is 29.6 Å². The number of rotatable bonds is 3. The second kappa shape index (κ2) is 5.45. The van der Waals surface area contributed by atoms with E-state index in [4.69, 9.17) is 10.7 Å². The standard InChI is InChI=1S/C18H27N3/c1-4-14-8-10-18(19,11-9-14)17-20-15-12-13(3)6-7-16(15)21(17)5-2/h6-7,12,14H,4-5,8-11,19H2,1-3H3. The Kier molecular flexibility index (Phi) is 3.78. The lowest BCUT2D eigenvalue weighted by Gasteiger charge is -2.36. The summed E-state index contributed by atoms with van der Waals surface area (Å²) in [6.07, 6.45) is 5.87. The van der Waals surface area contributed by atoms with Gasteiger partial charge in [0.15, 0.2) is 0 Å². The molecule has 0 unspecified atom stereocenters. The maximum atomic E-state index is 6.79. The smallest absolute Gasteiger partial charge is 0.130 e. The zero-order valence-electron chi connectivity index (χ0n) is 13.5. The summed E-state index contributed by atoms with van der Waals surface area (Å²) in [5, 5.41) is 0. The van der Waals surface area contributed by atoms with Crippen LogP contribution in [-0.2, 0) is 12.1 Å². The number of fused-ring (bicyclic) bond motifs is 1. The van der Waals surface area contributed by atoms with Gasteiger partial charge in [0.2, 0.25) is 0 Å². The van der Waals surface area contributed by atoms with Crippen molar-refractivity contribution in [3.8, 4) is 0 Å². The maximum absolute atomic E-state index is 6.79. The van der Waals surface area contributed by atoms with Crippen molar-refractivity contribution in [2.24, 2.45) is 11.7 Å². The normalized spacial score (nSPS) is 26.4. The Hall–Kier alpha value is -1.35. The number of aryl methyl sites for hydroxylation is 2. The van der Waals surface area contributed by atoms with Crippen molar-refractivity contribution >= 4 is 11.0 Å². The first kappa shape index (κ1) is 14.6. The third kappa shape index (κ3) is 2.48. The van der Waals surface area contributed by atoms with Gasteiger partial charge in [-0.05, 0) is 63.1 Å². The Balaban J connectivity index is 2.03. The summed E-state index contributed by atoms with van der Waals surface area (Å²) in [4.78, 5) is 4.93. The number of nitrogens with zero attached hydrogens (tertiary/aromatic N) is 2. The van der Waals surface area contributed by atoms with E-state index in [0.29, 0.717) is 0 Å². The topological polar surface area (TPSA) is 43.8 Å². The molecule has 21 heavy (non-hydrogen) atoms. The molecular formula is C18H27N3. The van der Waals surface area contributed by atoms with Crippen molar-refractivity contribution in [2.45, 2.75) is 65.0 Å². The van der Waals surface area contributed by atoms with Gasteiger partial charge in [-0.15, -0.1) is 0 Å². The van der Waals surface area contributed by atoms with Crippen LogP contribution < -0.4 is 5.73 Å². The maximum Gasteiger partial charge on any atom is 0.130 e. The molecule has 1 aromatic carbocycles. The average Bonchev–Trinajstić information content (AvgIpc) is 2.86. The predicted octanol–water partition coefficient (Wildman–Crippen LogP) is 4.12. The highest BCUT2D eigenvalue weighted by atomic mass is 15.1. The SMILES string of the molecule is CCC1CCC(N)(c2nc3cc(C)ccc3n2CC)CC1. The third-order valence-electron chi connectivity index (χ3n) is 5.24. The van der Waals surface area contributed by atoms with Gasteiger partial charge in [0.1, 0.15) is 5.82 Å². The molecule has 3 heteroatoms. The molecule has 3 rings (SSSR count). The van der Waals surface area contributed by atoms with Crippen LogP contribution in [0, 0.1) is 12.8 Å². The first-order valence-corrected chi connectivity index (χ1v) is 8.33. The first-order chi connectivity index (χ1) is 10.1. The summed E-state index contributed by atoms with van der Waals surface area (Å²) >= 11 is 0. The molecule has 0 radical (unpaired) electrons. The molecule has 0 atom stereocenters. The fourth-order valence-corrected chi connectivity index (χ4v) is 3.76. The van der Waals surface area contributed by atoms with Gasteiger partial charge in [0, 0.05) is 6.54 Å². The zero-order chi connectivity index (χ0) is 15.0. The van der Waals surface area contributed by atoms with E-state index >= 15 is 0 Å². The van der Waals surface area contributed by atoms with E-state index in [2.05, 4.69) is 43.5 Å². The van der Waals surface area contributed by atoms with Gasteiger partial charge in [0.25, 0.3) is 0 Å². The predicted molar refractivity (Wildman–Crippen MR) is 88.3 cm³/mol. The Labute approximate surface area is 127 Å². The van der Waals surface area contributed by atoms with E-state index in [1.165, 1.54) is 30.3 Å². The highest BCUT2D eigenvalue weighted by Crippen LogP contribution is 2.39. The molecule has 1 saturated carbocycles. The molecule has 1 aliphatic rings. The van der Waals surface area contributed by atoms with Crippen molar-refractivity contribution in [1.82, 2.24) is 9.55 Å². The second-order valence-corrected chi connectivity index (χ2v) is 6.68. The molecule has 2 aromatic rings. The van der Waals surface area contributed by atoms with Crippen molar-refractivity contribution in [3.63, 3.8) is 0 Å². The summed E-state index contributed by atoms with van der Waals surface area (Å²) in [5.74, 6) is 1.95. The van der Waals surface area contributed by atoms with E-state index in [-0.39, 0.29) is 5.54 Å². The minimum atomic E-state index is -0.241. The van der Waals surface area contributed by atoms with Gasteiger partial charge in [-0.2, -0.15) is 0 Å². The number of hydrogen-bond donors (Lipinski definition) is 1. The fraction of sp³-hybridized carbons (Fsp3) is 0.611. The molecule has 2 N–H and O–H groups in total. The van der Waals surface area contributed by atoms with Gasteiger partial charge in [-0.1, -0.05) is 19.4 Å². The molecule has 1 fully saturated rings. The van der Waals surface area contributed by atoms with Crippen molar-refractivity contribution in [1.29, 1.82) is 0 Å². The lowest BCUT2D eigenvalue weighted by Crippen LogP contribution is -2.42. The number of imidazole rings is 1. The fourth-order valence-electron chi connectivity index (χ4n) is 3.76. The quantitative estimate of drug-likeness (QED) is 0.922. The van der Waals surface area contributed by atoms with Crippen LogP contribution in [0.25, 0.3) is 11.0 Å². The second-order valence-electron chi connectivity index (χ2n) is 6.68. The van der Waals surface area contributed by atoms with Crippen molar-refractivity contribution in [2.75, 3.05) is 0 Å². The van der Waals surface area contributed by atoms with Gasteiger partial charge >= 0.3 is 0 Å². The van der Waals surface area contributed by atoms with Crippen LogP contribution in [0.1, 0.15) is 57.3 Å². The van der Waals surface area contributed by atoms with Crippen LogP contribution in [0.15, 0.2) is 18.2 Å². The van der Waals surface area contributed by atoms with Crippen LogP contribution in [0.3, 0.4) is 0 Å². The van der Waals surface area contributed by atoms with Gasteiger partial charge in [0.05, 0.1) is 16.6 Å². The van der Waals surface area contributed by atoms with Gasteiger partial charge in [-0.25, -0.2) is 4.98 Å². The summed E-state index contributed by atoms with van der Waals surface area (Å²) in [5.41, 5.74) is 10.1. The highest BCUT2D eigenvalue weighted by Gasteiger charge is 2.36. The molecule has 0 amide bonds. The van der Waals surface area contributed by atoms with E-state index in [9.17, 15) is 0 Å². The van der Waals surface area contributed by atoms with E-state index in [1.807, 2.05) is 0 Å². The lowest BCUT2D eigenvalue weighted by atomic mass is 9.75. The Bertz CT molecular complexity index is 633. The monoisotopic (exact) mass is 285 g/mol. The molecule has 0 spiro atoms. The Morgan fingerprint density at radius 3 is 2.62 bits per heavy atom. The highest BCUT2D eigenvalue weighted by molar-refractivity contribution is 5.77. The number of nitrogens with two attached hydrogens (primary N) is 1. The van der Waals surface area contributed by atoms with E-state index in [1.54, 1.807) is 0 Å². The lowest BCUT2D eigenvalue weighted by molar-refractivity contribution is 0.218.